The van der Waals surface area contributed by atoms with E-state index in [0.29, 0.717) is 84.5 Å². The van der Waals surface area contributed by atoms with Gasteiger partial charge in [0, 0.05) is 45.4 Å². The minimum atomic E-state index is -1.65. The van der Waals surface area contributed by atoms with Crippen LogP contribution in [0.4, 0.5) is 24.7 Å². The SMILES string of the molecule is CNC(=O)CCOCCOCCOCCOCCOCc1cn(CCC(C)C)nn1.Nc1nc(-n2cc(C(=O)O)c(=O)c3cc(F)c(N4CC(O)C4)c(Cl)c32)c(F)cc1F. The number of nitrogens with one attached hydrogen (secondary N) is 1. The summed E-state index contributed by atoms with van der Waals surface area (Å²) >= 11 is 6.36. The van der Waals surface area contributed by atoms with E-state index in [4.69, 9.17) is 41.0 Å². The van der Waals surface area contributed by atoms with E-state index in [-0.39, 0.29) is 35.2 Å². The fourth-order valence-corrected chi connectivity index (χ4v) is 5.94. The van der Waals surface area contributed by atoms with E-state index >= 15 is 0 Å². The molecular formula is C38H50ClF3N8O10. The van der Waals surface area contributed by atoms with Gasteiger partial charge in [-0.25, -0.2) is 22.9 Å². The fourth-order valence-electron chi connectivity index (χ4n) is 5.54. The third-order valence-electron chi connectivity index (χ3n) is 8.74. The van der Waals surface area contributed by atoms with Crippen molar-refractivity contribution in [1.29, 1.82) is 0 Å². The third kappa shape index (κ3) is 13.8. The number of hydrogen-bond donors (Lipinski definition) is 4. The lowest BCUT2D eigenvalue weighted by Gasteiger charge is -2.38. The average Bonchev–Trinajstić information content (AvgIpc) is 3.65. The summed E-state index contributed by atoms with van der Waals surface area (Å²) in [6.45, 7) is 10.2. The van der Waals surface area contributed by atoms with Gasteiger partial charge in [0.25, 0.3) is 0 Å². The van der Waals surface area contributed by atoms with Gasteiger partial charge >= 0.3 is 5.97 Å². The number of nitrogens with zero attached hydrogens (tertiary/aromatic N) is 6. The zero-order valence-electron chi connectivity index (χ0n) is 33.5. The molecule has 0 aliphatic carbocycles. The van der Waals surface area contributed by atoms with Crippen molar-refractivity contribution >= 4 is 45.9 Å². The first-order valence-corrected chi connectivity index (χ1v) is 19.4. The number of fused-ring (bicyclic) bond motifs is 1. The molecule has 0 saturated carbocycles. The number of nitrogen functional groups attached to an aromatic ring is 1. The van der Waals surface area contributed by atoms with Crippen LogP contribution in [-0.2, 0) is 41.6 Å². The van der Waals surface area contributed by atoms with E-state index < -0.39 is 57.5 Å². The number of benzene rings is 1. The molecule has 4 heterocycles. The highest BCUT2D eigenvalue weighted by Gasteiger charge is 2.31. The molecule has 0 unspecified atom stereocenters. The zero-order valence-corrected chi connectivity index (χ0v) is 34.3. The van der Waals surface area contributed by atoms with Crippen LogP contribution in [0.25, 0.3) is 16.7 Å². The Kier molecular flexibility index (Phi) is 18.9. The Labute approximate surface area is 348 Å². The number of aliphatic hydroxyl groups excluding tert-OH is 1. The number of β-amino-alcohol motifs (C(OH)–C–C–N with tert-alkyl or cyclic N) is 1. The van der Waals surface area contributed by atoms with Gasteiger partial charge in [0.15, 0.2) is 23.3 Å². The van der Waals surface area contributed by atoms with E-state index in [1.807, 2.05) is 10.9 Å². The Morgan fingerprint density at radius 2 is 1.53 bits per heavy atom. The van der Waals surface area contributed by atoms with Crippen LogP contribution in [0.15, 0.2) is 29.3 Å². The highest BCUT2D eigenvalue weighted by atomic mass is 35.5. The molecule has 1 saturated heterocycles. The Hall–Kier alpha value is -4.90. The van der Waals surface area contributed by atoms with Crippen LogP contribution in [0, 0.1) is 23.4 Å². The largest absolute Gasteiger partial charge is 0.477 e. The van der Waals surface area contributed by atoms with Crippen LogP contribution < -0.4 is 21.4 Å². The van der Waals surface area contributed by atoms with Crippen molar-refractivity contribution in [3.63, 3.8) is 0 Å². The number of carbonyl (C=O) groups is 2. The van der Waals surface area contributed by atoms with E-state index in [1.54, 1.807) is 7.05 Å². The van der Waals surface area contributed by atoms with E-state index in [9.17, 15) is 37.8 Å². The first-order valence-electron chi connectivity index (χ1n) is 19.1. The van der Waals surface area contributed by atoms with E-state index in [2.05, 4.69) is 34.5 Å². The van der Waals surface area contributed by atoms with Crippen molar-refractivity contribution < 1.29 is 56.7 Å². The number of halogens is 4. The number of carboxylic acid groups (broad SMARTS) is 1. The first-order chi connectivity index (χ1) is 28.7. The van der Waals surface area contributed by atoms with Crippen LogP contribution in [0.5, 0.6) is 0 Å². The molecule has 3 aromatic heterocycles. The molecule has 60 heavy (non-hydrogen) atoms. The number of aromatic carboxylic acids is 1. The summed E-state index contributed by atoms with van der Waals surface area (Å²) in [5, 5.41) is 28.8. The maximum atomic E-state index is 14.8. The topological polar surface area (TPSA) is 228 Å². The lowest BCUT2D eigenvalue weighted by atomic mass is 10.1. The van der Waals surface area contributed by atoms with Crippen molar-refractivity contribution in [2.24, 2.45) is 5.92 Å². The number of ether oxygens (including phenoxy) is 5. The second-order valence-corrected chi connectivity index (χ2v) is 14.1. The fraction of sp³-hybridized carbons (Fsp3) is 0.526. The standard InChI is InChI=1S/C20H38N4O6.C18H12ClF3N4O4/c1-18(2)4-6-24-16-19(22-23-24)17-30-15-14-29-13-12-28-11-10-27-9-8-26-7-5-20(25)21-3;19-12-13-7(1-9(20)14(12)25-3-6(27)4-25)15(28)8(18(29)30)5-26(13)17-11(22)2-10(21)16(23)24-17/h16,18H,4-15,17H2,1-3H3,(H,21,25);1-2,5-6,27H,3-4H2,(H2,23,24)(H,29,30). The second kappa shape index (κ2) is 23.8. The van der Waals surface area contributed by atoms with Gasteiger partial charge in [0.1, 0.15) is 17.1 Å². The first kappa shape index (κ1) is 47.8. The molecule has 0 radical (unpaired) electrons. The average molecular weight is 871 g/mol. The van der Waals surface area contributed by atoms with Crippen LogP contribution in [0.3, 0.4) is 0 Å². The Morgan fingerprint density at radius 1 is 0.933 bits per heavy atom. The summed E-state index contributed by atoms with van der Waals surface area (Å²) in [7, 11) is 1.61. The minimum absolute atomic E-state index is 0.0281. The summed E-state index contributed by atoms with van der Waals surface area (Å²) in [5.74, 6) is -5.65. The molecule has 22 heteroatoms. The molecule has 5 N–H and O–H groups in total. The van der Waals surface area contributed by atoms with E-state index in [1.165, 1.54) is 4.90 Å². The maximum Gasteiger partial charge on any atom is 0.341 e. The van der Waals surface area contributed by atoms with Crippen LogP contribution in [0.1, 0.15) is 42.7 Å². The van der Waals surface area contributed by atoms with Crippen molar-refractivity contribution in [3.8, 4) is 5.82 Å². The molecule has 0 atom stereocenters. The molecule has 1 aromatic carbocycles. The number of aliphatic hydroxyl groups is 1. The van der Waals surface area contributed by atoms with Crippen LogP contribution >= 0.6 is 11.6 Å². The highest BCUT2D eigenvalue weighted by Crippen LogP contribution is 2.38. The lowest BCUT2D eigenvalue weighted by Crippen LogP contribution is -2.51. The quantitative estimate of drug-likeness (QED) is 0.0786. The van der Waals surface area contributed by atoms with Crippen molar-refractivity contribution in [2.45, 2.75) is 45.9 Å². The molecule has 5 rings (SSSR count). The molecular weight excluding hydrogens is 821 g/mol. The summed E-state index contributed by atoms with van der Waals surface area (Å²) in [4.78, 5) is 40.1. The van der Waals surface area contributed by atoms with Crippen molar-refractivity contribution in [2.75, 3.05) is 90.2 Å². The summed E-state index contributed by atoms with van der Waals surface area (Å²) < 4.78 is 72.6. The predicted molar refractivity (Wildman–Crippen MR) is 213 cm³/mol. The Morgan fingerprint density at radius 3 is 2.10 bits per heavy atom. The number of pyridine rings is 2. The van der Waals surface area contributed by atoms with Crippen LogP contribution in [-0.4, -0.2) is 132 Å². The summed E-state index contributed by atoms with van der Waals surface area (Å²) in [6.07, 6.45) is 3.43. The van der Waals surface area contributed by atoms with Gasteiger partial charge in [-0.05, 0) is 18.4 Å². The Balaban J connectivity index is 0.000000265. The minimum Gasteiger partial charge on any atom is -0.477 e. The molecule has 0 bridgehead atoms. The third-order valence-corrected chi connectivity index (χ3v) is 9.10. The van der Waals surface area contributed by atoms with Crippen LogP contribution in [0.2, 0.25) is 5.02 Å². The van der Waals surface area contributed by atoms with E-state index in [0.717, 1.165) is 35.5 Å². The molecule has 1 amide bonds. The van der Waals surface area contributed by atoms with Crippen molar-refractivity contribution in [3.05, 3.63) is 68.5 Å². The molecule has 0 spiro atoms. The van der Waals surface area contributed by atoms with Gasteiger partial charge in [-0.1, -0.05) is 30.7 Å². The number of nitrogens with two attached hydrogens (primary N) is 1. The zero-order chi connectivity index (χ0) is 43.8. The second-order valence-electron chi connectivity index (χ2n) is 13.8. The van der Waals surface area contributed by atoms with Gasteiger partial charge in [-0.15, -0.1) is 5.10 Å². The maximum absolute atomic E-state index is 14.8. The normalized spacial score (nSPS) is 12.8. The number of hydrogen-bond acceptors (Lipinski definition) is 14. The number of aryl methyl sites for hydroxylation is 1. The number of carboxylic acids is 1. The summed E-state index contributed by atoms with van der Waals surface area (Å²) in [5.41, 5.74) is 3.96. The monoisotopic (exact) mass is 870 g/mol. The van der Waals surface area contributed by atoms with Crippen molar-refractivity contribution in [1.82, 2.24) is 29.9 Å². The van der Waals surface area contributed by atoms with Gasteiger partial charge < -0.3 is 49.8 Å². The molecule has 18 nitrogen and oxygen atoms in total. The molecule has 1 fully saturated rings. The molecule has 4 aromatic rings. The van der Waals surface area contributed by atoms with Gasteiger partial charge in [-0.2, -0.15) is 0 Å². The molecule has 330 valence electrons. The number of aromatic nitrogens is 5. The number of amides is 1. The smallest absolute Gasteiger partial charge is 0.341 e. The number of rotatable bonds is 23. The van der Waals surface area contributed by atoms with Gasteiger partial charge in [0.05, 0.1) is 100.0 Å². The lowest BCUT2D eigenvalue weighted by molar-refractivity contribution is -0.121. The highest BCUT2D eigenvalue weighted by molar-refractivity contribution is 6.38. The molecule has 1 aliphatic heterocycles. The Bertz CT molecular complexity index is 2100. The van der Waals surface area contributed by atoms with Gasteiger partial charge in [0.2, 0.25) is 11.3 Å². The molecule has 1 aliphatic rings. The predicted octanol–water partition coefficient (Wildman–Crippen LogP) is 2.96. The van der Waals surface area contributed by atoms with Gasteiger partial charge in [-0.3, -0.25) is 18.8 Å². The number of carbonyl (C=O) groups excluding carboxylic acids is 1. The number of anilines is 2. The summed E-state index contributed by atoms with van der Waals surface area (Å²) in [6, 6.07) is 1.21.